The SMILES string of the molecule is Nc1ccc(SCCC(=O)Nc2cccc3ccccc23)cc1. The summed E-state index contributed by atoms with van der Waals surface area (Å²) in [6.07, 6.45) is 0.471. The molecule has 3 N–H and O–H groups in total. The zero-order chi connectivity index (χ0) is 16.1. The molecule has 0 heterocycles. The van der Waals surface area contributed by atoms with Crippen LogP contribution >= 0.6 is 11.8 Å². The number of anilines is 2. The highest BCUT2D eigenvalue weighted by Gasteiger charge is 2.06. The van der Waals surface area contributed by atoms with Crippen molar-refractivity contribution in [2.75, 3.05) is 16.8 Å². The van der Waals surface area contributed by atoms with Gasteiger partial charge in [-0.25, -0.2) is 0 Å². The van der Waals surface area contributed by atoms with Crippen LogP contribution in [-0.4, -0.2) is 11.7 Å². The highest BCUT2D eigenvalue weighted by Crippen LogP contribution is 2.24. The molecule has 0 fully saturated rings. The second-order valence-corrected chi connectivity index (χ2v) is 6.41. The van der Waals surface area contributed by atoms with E-state index in [4.69, 9.17) is 5.73 Å². The molecule has 0 atom stereocenters. The minimum absolute atomic E-state index is 0.0318. The number of carbonyl (C=O) groups is 1. The van der Waals surface area contributed by atoms with E-state index in [1.54, 1.807) is 11.8 Å². The lowest BCUT2D eigenvalue weighted by molar-refractivity contribution is -0.115. The Bertz CT molecular complexity index is 810. The van der Waals surface area contributed by atoms with Gasteiger partial charge in [-0.15, -0.1) is 11.8 Å². The Balaban J connectivity index is 1.57. The molecule has 4 heteroatoms. The minimum atomic E-state index is 0.0318. The molecule has 0 bridgehead atoms. The number of benzene rings is 3. The number of fused-ring (bicyclic) bond motifs is 1. The Morgan fingerprint density at radius 2 is 1.70 bits per heavy atom. The number of nitrogen functional groups attached to an aromatic ring is 1. The topological polar surface area (TPSA) is 55.1 Å². The summed E-state index contributed by atoms with van der Waals surface area (Å²) in [4.78, 5) is 13.3. The van der Waals surface area contributed by atoms with Gasteiger partial charge in [-0.1, -0.05) is 36.4 Å². The summed E-state index contributed by atoms with van der Waals surface area (Å²) >= 11 is 1.66. The fourth-order valence-corrected chi connectivity index (χ4v) is 3.22. The molecule has 3 rings (SSSR count). The molecule has 0 saturated carbocycles. The van der Waals surface area contributed by atoms with Gasteiger partial charge in [0.1, 0.15) is 0 Å². The summed E-state index contributed by atoms with van der Waals surface area (Å²) in [6, 6.07) is 21.7. The molecule has 0 aliphatic heterocycles. The maximum absolute atomic E-state index is 12.2. The van der Waals surface area contributed by atoms with E-state index >= 15 is 0 Å². The van der Waals surface area contributed by atoms with E-state index in [2.05, 4.69) is 5.32 Å². The van der Waals surface area contributed by atoms with Crippen molar-refractivity contribution in [1.82, 2.24) is 0 Å². The van der Waals surface area contributed by atoms with Crippen molar-refractivity contribution in [3.05, 3.63) is 66.7 Å². The highest BCUT2D eigenvalue weighted by molar-refractivity contribution is 7.99. The predicted octanol–water partition coefficient (Wildman–Crippen LogP) is 4.54. The summed E-state index contributed by atoms with van der Waals surface area (Å²) < 4.78 is 0. The quantitative estimate of drug-likeness (QED) is 0.535. The zero-order valence-electron chi connectivity index (χ0n) is 12.7. The second kappa shape index (κ2) is 7.20. The van der Waals surface area contributed by atoms with Gasteiger partial charge in [-0.05, 0) is 35.7 Å². The Morgan fingerprint density at radius 3 is 2.52 bits per heavy atom. The molecule has 0 radical (unpaired) electrons. The third-order valence-electron chi connectivity index (χ3n) is 3.54. The smallest absolute Gasteiger partial charge is 0.225 e. The number of amides is 1. The molecule has 3 nitrogen and oxygen atoms in total. The number of rotatable bonds is 5. The van der Waals surface area contributed by atoms with Crippen LogP contribution in [0.15, 0.2) is 71.6 Å². The second-order valence-electron chi connectivity index (χ2n) is 5.24. The monoisotopic (exact) mass is 322 g/mol. The van der Waals surface area contributed by atoms with Gasteiger partial charge in [-0.3, -0.25) is 4.79 Å². The van der Waals surface area contributed by atoms with E-state index in [9.17, 15) is 4.79 Å². The Labute approximate surface area is 139 Å². The zero-order valence-corrected chi connectivity index (χ0v) is 13.5. The first-order valence-electron chi connectivity index (χ1n) is 7.48. The van der Waals surface area contributed by atoms with Gasteiger partial charge in [0.25, 0.3) is 0 Å². The van der Waals surface area contributed by atoms with E-state index in [0.29, 0.717) is 6.42 Å². The van der Waals surface area contributed by atoms with Crippen molar-refractivity contribution in [2.45, 2.75) is 11.3 Å². The third-order valence-corrected chi connectivity index (χ3v) is 4.56. The Morgan fingerprint density at radius 1 is 0.957 bits per heavy atom. The lowest BCUT2D eigenvalue weighted by Crippen LogP contribution is -2.12. The molecule has 3 aromatic rings. The summed E-state index contributed by atoms with van der Waals surface area (Å²) in [6.45, 7) is 0. The van der Waals surface area contributed by atoms with Gasteiger partial charge >= 0.3 is 0 Å². The number of thioether (sulfide) groups is 1. The molecule has 23 heavy (non-hydrogen) atoms. The first kappa shape index (κ1) is 15.4. The summed E-state index contributed by atoms with van der Waals surface area (Å²) in [5, 5.41) is 5.20. The van der Waals surface area contributed by atoms with E-state index in [1.165, 1.54) is 0 Å². The maximum Gasteiger partial charge on any atom is 0.225 e. The Kier molecular flexibility index (Phi) is 4.83. The van der Waals surface area contributed by atoms with Crippen molar-refractivity contribution >= 4 is 39.8 Å². The number of carbonyl (C=O) groups excluding carboxylic acids is 1. The van der Waals surface area contributed by atoms with Crippen LogP contribution in [0.4, 0.5) is 11.4 Å². The average Bonchev–Trinajstić information content (AvgIpc) is 2.57. The largest absolute Gasteiger partial charge is 0.399 e. The predicted molar refractivity (Wildman–Crippen MR) is 98.8 cm³/mol. The van der Waals surface area contributed by atoms with Crippen LogP contribution in [-0.2, 0) is 4.79 Å². The van der Waals surface area contributed by atoms with Crippen molar-refractivity contribution in [3.63, 3.8) is 0 Å². The number of hydrogen-bond donors (Lipinski definition) is 2. The maximum atomic E-state index is 12.2. The van der Waals surface area contributed by atoms with Crippen LogP contribution in [0.25, 0.3) is 10.8 Å². The number of nitrogens with one attached hydrogen (secondary N) is 1. The molecule has 1 amide bonds. The standard InChI is InChI=1S/C19H18N2OS/c20-15-8-10-16(11-9-15)23-13-12-19(22)21-18-7-3-5-14-4-1-2-6-17(14)18/h1-11H,12-13,20H2,(H,21,22). The van der Waals surface area contributed by atoms with Crippen LogP contribution < -0.4 is 11.1 Å². The van der Waals surface area contributed by atoms with Gasteiger partial charge in [0, 0.05) is 33.8 Å². The van der Waals surface area contributed by atoms with Crippen LogP contribution in [0.5, 0.6) is 0 Å². The van der Waals surface area contributed by atoms with Gasteiger partial charge in [0.15, 0.2) is 0 Å². The lowest BCUT2D eigenvalue weighted by atomic mass is 10.1. The molecule has 0 spiro atoms. The third kappa shape index (κ3) is 4.05. The molecule has 0 unspecified atom stereocenters. The molecule has 3 aromatic carbocycles. The van der Waals surface area contributed by atoms with Gasteiger partial charge < -0.3 is 11.1 Å². The fourth-order valence-electron chi connectivity index (χ4n) is 2.37. The average molecular weight is 322 g/mol. The normalized spacial score (nSPS) is 10.6. The highest BCUT2D eigenvalue weighted by atomic mass is 32.2. The first-order valence-corrected chi connectivity index (χ1v) is 8.47. The van der Waals surface area contributed by atoms with Crippen LogP contribution in [0, 0.1) is 0 Å². The Hall–Kier alpha value is -2.46. The van der Waals surface area contributed by atoms with E-state index in [1.807, 2.05) is 66.7 Å². The van der Waals surface area contributed by atoms with Gasteiger partial charge in [0.2, 0.25) is 5.91 Å². The molecule has 0 saturated heterocycles. The summed E-state index contributed by atoms with van der Waals surface area (Å²) in [7, 11) is 0. The number of nitrogens with two attached hydrogens (primary N) is 1. The molecule has 0 aliphatic carbocycles. The van der Waals surface area contributed by atoms with Crippen LogP contribution in [0.3, 0.4) is 0 Å². The van der Waals surface area contributed by atoms with Gasteiger partial charge in [-0.2, -0.15) is 0 Å². The van der Waals surface area contributed by atoms with Crippen LogP contribution in [0.2, 0.25) is 0 Å². The van der Waals surface area contributed by atoms with E-state index in [-0.39, 0.29) is 5.91 Å². The van der Waals surface area contributed by atoms with E-state index in [0.717, 1.165) is 32.8 Å². The number of hydrogen-bond acceptors (Lipinski definition) is 3. The summed E-state index contributed by atoms with van der Waals surface area (Å²) in [5.41, 5.74) is 7.28. The lowest BCUT2D eigenvalue weighted by Gasteiger charge is -2.08. The van der Waals surface area contributed by atoms with Crippen molar-refractivity contribution in [1.29, 1.82) is 0 Å². The van der Waals surface area contributed by atoms with E-state index < -0.39 is 0 Å². The molecule has 0 aromatic heterocycles. The van der Waals surface area contributed by atoms with Crippen molar-refractivity contribution < 1.29 is 4.79 Å². The van der Waals surface area contributed by atoms with Crippen LogP contribution in [0.1, 0.15) is 6.42 Å². The molecular weight excluding hydrogens is 304 g/mol. The molecule has 116 valence electrons. The molecular formula is C19H18N2OS. The van der Waals surface area contributed by atoms with Crippen molar-refractivity contribution in [3.8, 4) is 0 Å². The minimum Gasteiger partial charge on any atom is -0.399 e. The summed E-state index contributed by atoms with van der Waals surface area (Å²) in [5.74, 6) is 0.768. The first-order chi connectivity index (χ1) is 11.2. The molecule has 0 aliphatic rings. The van der Waals surface area contributed by atoms with Gasteiger partial charge in [0.05, 0.1) is 0 Å². The van der Waals surface area contributed by atoms with Crippen molar-refractivity contribution in [2.24, 2.45) is 0 Å². The fraction of sp³-hybridized carbons (Fsp3) is 0.105.